The lowest BCUT2D eigenvalue weighted by molar-refractivity contribution is -0.112. The van der Waals surface area contributed by atoms with Crippen molar-refractivity contribution in [1.82, 2.24) is 0 Å². The zero-order valence-electron chi connectivity index (χ0n) is 17.7. The van der Waals surface area contributed by atoms with Gasteiger partial charge in [0, 0.05) is 11.8 Å². The van der Waals surface area contributed by atoms with Crippen LogP contribution in [0.15, 0.2) is 48.0 Å². The van der Waals surface area contributed by atoms with Gasteiger partial charge in [-0.3, -0.25) is 4.79 Å². The van der Waals surface area contributed by atoms with Gasteiger partial charge in [0.25, 0.3) is 5.91 Å². The number of carbonyl (C=O) groups is 1. The number of carbonyl (C=O) groups excluding carboxylic acids is 1. The first-order chi connectivity index (χ1) is 14.6. The van der Waals surface area contributed by atoms with Gasteiger partial charge in [0.05, 0.1) is 20.8 Å². The van der Waals surface area contributed by atoms with Crippen LogP contribution in [0, 0.1) is 11.3 Å². The molecule has 6 heteroatoms. The number of nitrogens with zero attached hydrogens (tertiary/aromatic N) is 1. The molecule has 6 nitrogen and oxygen atoms in total. The summed E-state index contributed by atoms with van der Waals surface area (Å²) in [6.07, 6.45) is 6.01. The van der Waals surface area contributed by atoms with Gasteiger partial charge in [0.15, 0.2) is 11.5 Å². The lowest BCUT2D eigenvalue weighted by Gasteiger charge is -2.11. The maximum absolute atomic E-state index is 12.5. The van der Waals surface area contributed by atoms with Gasteiger partial charge in [-0.25, -0.2) is 0 Å². The van der Waals surface area contributed by atoms with Crippen molar-refractivity contribution < 1.29 is 19.0 Å². The first-order valence-corrected chi connectivity index (χ1v) is 9.99. The van der Waals surface area contributed by atoms with Gasteiger partial charge in [0.1, 0.15) is 17.4 Å². The number of methoxy groups -OCH3 is 2. The van der Waals surface area contributed by atoms with E-state index in [-0.39, 0.29) is 5.57 Å². The van der Waals surface area contributed by atoms with Gasteiger partial charge in [-0.1, -0.05) is 38.3 Å². The van der Waals surface area contributed by atoms with Crippen LogP contribution in [0.4, 0.5) is 5.69 Å². The first kappa shape index (κ1) is 22.8. The quantitative estimate of drug-likeness (QED) is 0.314. The number of amides is 1. The highest BCUT2D eigenvalue weighted by Crippen LogP contribution is 2.29. The Morgan fingerprint density at radius 3 is 2.60 bits per heavy atom. The number of unbranched alkanes of at least 4 members (excludes halogenated alkanes) is 3. The van der Waals surface area contributed by atoms with Gasteiger partial charge in [-0.15, -0.1) is 0 Å². The number of nitriles is 1. The molecule has 0 aliphatic heterocycles. The molecule has 1 N–H and O–H groups in total. The third kappa shape index (κ3) is 6.85. The summed E-state index contributed by atoms with van der Waals surface area (Å²) in [5.41, 5.74) is 1.19. The number of nitrogens with one attached hydrogen (secondary N) is 1. The Labute approximate surface area is 178 Å². The van der Waals surface area contributed by atoms with Crippen LogP contribution in [0.25, 0.3) is 6.08 Å². The van der Waals surface area contributed by atoms with Gasteiger partial charge in [-0.2, -0.15) is 5.26 Å². The summed E-state index contributed by atoms with van der Waals surface area (Å²) in [5.74, 6) is 1.32. The van der Waals surface area contributed by atoms with E-state index in [1.54, 1.807) is 56.7 Å². The van der Waals surface area contributed by atoms with E-state index in [4.69, 9.17) is 14.2 Å². The van der Waals surface area contributed by atoms with Crippen molar-refractivity contribution in [3.05, 3.63) is 53.6 Å². The summed E-state index contributed by atoms with van der Waals surface area (Å²) >= 11 is 0. The molecule has 0 radical (unpaired) electrons. The normalized spacial score (nSPS) is 10.8. The van der Waals surface area contributed by atoms with Crippen LogP contribution in [0.3, 0.4) is 0 Å². The molecule has 0 saturated heterocycles. The molecule has 0 aliphatic rings. The van der Waals surface area contributed by atoms with Crippen molar-refractivity contribution in [3.63, 3.8) is 0 Å². The molecule has 0 atom stereocenters. The fraction of sp³-hybridized carbons (Fsp3) is 0.333. The predicted octanol–water partition coefficient (Wildman–Crippen LogP) is 5.21. The monoisotopic (exact) mass is 408 g/mol. The second kappa shape index (κ2) is 12.2. The SMILES string of the molecule is CCCCCCOc1ccc(/C=C(\C#N)C(=O)Nc2cccc(OC)c2)cc1OC. The van der Waals surface area contributed by atoms with E-state index in [0.717, 1.165) is 12.8 Å². The molecule has 0 heterocycles. The standard InChI is InChI=1S/C24H28N2O4/c1-4-5-6-7-13-30-22-12-11-18(15-23(22)29-3)14-19(17-25)24(27)26-20-9-8-10-21(16-20)28-2/h8-12,14-16H,4-7,13H2,1-3H3,(H,26,27)/b19-14+. The molecular weight excluding hydrogens is 380 g/mol. The average Bonchev–Trinajstić information content (AvgIpc) is 2.77. The van der Waals surface area contributed by atoms with E-state index in [2.05, 4.69) is 12.2 Å². The van der Waals surface area contributed by atoms with E-state index in [9.17, 15) is 10.1 Å². The summed E-state index contributed by atoms with van der Waals surface area (Å²) in [6.45, 7) is 2.79. The summed E-state index contributed by atoms with van der Waals surface area (Å²) in [4.78, 5) is 12.5. The smallest absolute Gasteiger partial charge is 0.266 e. The summed E-state index contributed by atoms with van der Waals surface area (Å²) in [5, 5.41) is 12.2. The number of rotatable bonds is 11. The number of hydrogen-bond donors (Lipinski definition) is 1. The molecule has 2 aromatic rings. The molecule has 0 aromatic heterocycles. The first-order valence-electron chi connectivity index (χ1n) is 9.99. The molecule has 0 spiro atoms. The minimum Gasteiger partial charge on any atom is -0.497 e. The highest BCUT2D eigenvalue weighted by Gasteiger charge is 2.11. The third-order valence-electron chi connectivity index (χ3n) is 4.45. The summed E-state index contributed by atoms with van der Waals surface area (Å²) in [6, 6.07) is 14.2. The predicted molar refractivity (Wildman–Crippen MR) is 118 cm³/mol. The lowest BCUT2D eigenvalue weighted by atomic mass is 10.1. The van der Waals surface area contributed by atoms with Crippen LogP contribution >= 0.6 is 0 Å². The zero-order valence-corrected chi connectivity index (χ0v) is 17.7. The molecular formula is C24H28N2O4. The Hall–Kier alpha value is -3.46. The molecule has 0 saturated carbocycles. The van der Waals surface area contributed by atoms with Gasteiger partial charge in [0.2, 0.25) is 0 Å². The van der Waals surface area contributed by atoms with Crippen LogP contribution in [0.2, 0.25) is 0 Å². The Morgan fingerprint density at radius 1 is 1.07 bits per heavy atom. The highest BCUT2D eigenvalue weighted by molar-refractivity contribution is 6.09. The second-order valence-corrected chi connectivity index (χ2v) is 6.68. The van der Waals surface area contributed by atoms with Gasteiger partial charge < -0.3 is 19.5 Å². The molecule has 0 unspecified atom stereocenters. The number of anilines is 1. The van der Waals surface area contributed by atoms with Crippen molar-refractivity contribution in [1.29, 1.82) is 5.26 Å². The van der Waals surface area contributed by atoms with E-state index in [1.165, 1.54) is 18.9 Å². The molecule has 0 bridgehead atoms. The van der Waals surface area contributed by atoms with Crippen molar-refractivity contribution in [2.24, 2.45) is 0 Å². The van der Waals surface area contributed by atoms with E-state index in [1.807, 2.05) is 6.07 Å². The highest BCUT2D eigenvalue weighted by atomic mass is 16.5. The number of benzene rings is 2. The molecule has 1 amide bonds. The molecule has 158 valence electrons. The third-order valence-corrected chi connectivity index (χ3v) is 4.45. The molecule has 0 aliphatic carbocycles. The van der Waals surface area contributed by atoms with Crippen LogP contribution in [-0.4, -0.2) is 26.7 Å². The van der Waals surface area contributed by atoms with Crippen molar-refractivity contribution in [2.45, 2.75) is 32.6 Å². The maximum Gasteiger partial charge on any atom is 0.266 e. The Balaban J connectivity index is 2.10. The Kier molecular flexibility index (Phi) is 9.26. The Bertz CT molecular complexity index is 916. The largest absolute Gasteiger partial charge is 0.497 e. The van der Waals surface area contributed by atoms with E-state index >= 15 is 0 Å². The summed E-state index contributed by atoms with van der Waals surface area (Å²) < 4.78 is 16.4. The topological polar surface area (TPSA) is 80.6 Å². The van der Waals surface area contributed by atoms with Gasteiger partial charge in [-0.05, 0) is 42.3 Å². The fourth-order valence-corrected chi connectivity index (χ4v) is 2.82. The van der Waals surface area contributed by atoms with E-state index < -0.39 is 5.91 Å². The van der Waals surface area contributed by atoms with Gasteiger partial charge >= 0.3 is 0 Å². The second-order valence-electron chi connectivity index (χ2n) is 6.68. The maximum atomic E-state index is 12.5. The molecule has 30 heavy (non-hydrogen) atoms. The van der Waals surface area contributed by atoms with Crippen molar-refractivity contribution in [2.75, 3.05) is 26.1 Å². The zero-order chi connectivity index (χ0) is 21.8. The van der Waals surface area contributed by atoms with Crippen LogP contribution < -0.4 is 19.5 Å². The Morgan fingerprint density at radius 2 is 1.90 bits per heavy atom. The fourth-order valence-electron chi connectivity index (χ4n) is 2.82. The van der Waals surface area contributed by atoms with Crippen LogP contribution in [0.1, 0.15) is 38.2 Å². The molecule has 2 aromatic carbocycles. The number of ether oxygens (including phenoxy) is 3. The van der Waals surface area contributed by atoms with Crippen LogP contribution in [0.5, 0.6) is 17.2 Å². The van der Waals surface area contributed by atoms with Crippen LogP contribution in [-0.2, 0) is 4.79 Å². The molecule has 0 fully saturated rings. The number of hydrogen-bond acceptors (Lipinski definition) is 5. The lowest BCUT2D eigenvalue weighted by Crippen LogP contribution is -2.13. The average molecular weight is 408 g/mol. The van der Waals surface area contributed by atoms with Crippen molar-refractivity contribution >= 4 is 17.7 Å². The minimum atomic E-state index is -0.499. The van der Waals surface area contributed by atoms with Crippen molar-refractivity contribution in [3.8, 4) is 23.3 Å². The molecule has 2 rings (SSSR count). The minimum absolute atomic E-state index is 0.0203. The summed E-state index contributed by atoms with van der Waals surface area (Å²) in [7, 11) is 3.11. The van der Waals surface area contributed by atoms with E-state index in [0.29, 0.717) is 35.1 Å².